The molecule has 6 heteroatoms. The van der Waals surface area contributed by atoms with Crippen molar-refractivity contribution in [2.75, 3.05) is 0 Å². The molecule has 0 aliphatic carbocycles. The molecule has 15 rings (SSSR count). The fourth-order valence-electron chi connectivity index (χ4n) is 12.0. The monoisotopic (exact) mass is 938 g/mol. The van der Waals surface area contributed by atoms with Crippen LogP contribution in [0.15, 0.2) is 261 Å². The largest absolute Gasteiger partial charge is 0.309 e. The van der Waals surface area contributed by atoms with Crippen LogP contribution in [-0.4, -0.2) is 18.3 Å². The van der Waals surface area contributed by atoms with Crippen LogP contribution >= 0.6 is 7.14 Å². The van der Waals surface area contributed by atoms with Crippen molar-refractivity contribution in [1.29, 1.82) is 0 Å². The van der Waals surface area contributed by atoms with Crippen molar-refractivity contribution in [2.24, 2.45) is 0 Å². The Kier molecular flexibility index (Phi) is 8.87. The summed E-state index contributed by atoms with van der Waals surface area (Å²) in [6, 6.07) is 92.2. The zero-order valence-corrected chi connectivity index (χ0v) is 39.9. The van der Waals surface area contributed by atoms with Crippen molar-refractivity contribution < 1.29 is 4.57 Å². The number of rotatable bonds is 7. The molecule has 0 amide bonds. The lowest BCUT2D eigenvalue weighted by molar-refractivity contribution is 0.592. The summed E-state index contributed by atoms with van der Waals surface area (Å²) in [7, 11) is -3.39. The number of fused-ring (bicyclic) bond motifs is 14. The normalized spacial score (nSPS) is 12.2. The second-order valence-corrected chi connectivity index (χ2v) is 21.5. The third-order valence-electron chi connectivity index (χ3n) is 15.0. The van der Waals surface area contributed by atoms with E-state index in [-0.39, 0.29) is 0 Å². The first-order valence-electron chi connectivity index (χ1n) is 24.5. The predicted octanol–water partition coefficient (Wildman–Crippen LogP) is 15.7. The van der Waals surface area contributed by atoms with E-state index in [2.05, 4.69) is 249 Å². The second-order valence-electron chi connectivity index (χ2n) is 18.8. The maximum absolute atomic E-state index is 16.4. The minimum atomic E-state index is -3.39. The summed E-state index contributed by atoms with van der Waals surface area (Å²) in [5.74, 6) is 0. The average molecular weight is 939 g/mol. The molecular weight excluding hydrogens is 896 g/mol. The molecule has 338 valence electrons. The molecule has 72 heavy (non-hydrogen) atoms. The first kappa shape index (κ1) is 40.7. The Morgan fingerprint density at radius 2 is 0.528 bits per heavy atom. The minimum Gasteiger partial charge on any atom is -0.309 e. The van der Waals surface area contributed by atoms with E-state index in [0.717, 1.165) is 82.8 Å². The Hall–Kier alpha value is -9.15. The van der Waals surface area contributed by atoms with E-state index in [1.807, 2.05) is 30.3 Å². The van der Waals surface area contributed by atoms with Crippen LogP contribution in [0, 0.1) is 0 Å². The summed E-state index contributed by atoms with van der Waals surface area (Å²) in [5, 5.41) is 11.9. The van der Waals surface area contributed by atoms with Gasteiger partial charge in [0.25, 0.3) is 0 Å². The molecule has 0 spiro atoms. The third kappa shape index (κ3) is 5.74. The zero-order chi connectivity index (χ0) is 47.5. The van der Waals surface area contributed by atoms with Gasteiger partial charge >= 0.3 is 0 Å². The molecule has 0 radical (unpaired) electrons. The molecule has 4 heterocycles. The van der Waals surface area contributed by atoms with Gasteiger partial charge in [-0.25, -0.2) is 0 Å². The van der Waals surface area contributed by atoms with Gasteiger partial charge in [0.1, 0.15) is 0 Å². The van der Waals surface area contributed by atoms with Crippen molar-refractivity contribution in [2.45, 2.75) is 0 Å². The van der Waals surface area contributed by atoms with Crippen molar-refractivity contribution >= 4 is 110 Å². The highest BCUT2D eigenvalue weighted by Gasteiger charge is 2.31. The summed E-state index contributed by atoms with van der Waals surface area (Å²) >= 11 is 0. The number of hydrogen-bond acceptors (Lipinski definition) is 1. The second kappa shape index (κ2) is 15.7. The van der Waals surface area contributed by atoms with E-state index in [1.165, 1.54) is 43.1 Å². The van der Waals surface area contributed by atoms with Crippen LogP contribution in [0.4, 0.5) is 0 Å². The van der Waals surface area contributed by atoms with Gasteiger partial charge in [-0.15, -0.1) is 0 Å². The Morgan fingerprint density at radius 1 is 0.222 bits per heavy atom. The van der Waals surface area contributed by atoms with Gasteiger partial charge in [0.2, 0.25) is 0 Å². The van der Waals surface area contributed by atoms with Gasteiger partial charge in [0.15, 0.2) is 7.14 Å². The number of benzene rings is 11. The minimum absolute atomic E-state index is 0.782. The molecule has 0 fully saturated rings. The maximum atomic E-state index is 16.4. The summed E-state index contributed by atoms with van der Waals surface area (Å²) in [6.45, 7) is 0. The highest BCUT2D eigenvalue weighted by atomic mass is 31.2. The van der Waals surface area contributed by atoms with Gasteiger partial charge in [0, 0.05) is 81.8 Å². The van der Waals surface area contributed by atoms with Crippen LogP contribution in [0.3, 0.4) is 0 Å². The molecule has 15 aromatic rings. The predicted molar refractivity (Wildman–Crippen MR) is 303 cm³/mol. The van der Waals surface area contributed by atoms with Gasteiger partial charge in [0.05, 0.1) is 44.1 Å². The molecule has 0 saturated carbocycles. The quantitative estimate of drug-likeness (QED) is 0.147. The average Bonchev–Trinajstić information content (AvgIpc) is 4.19. The first-order chi connectivity index (χ1) is 35.6. The van der Waals surface area contributed by atoms with Crippen LogP contribution < -0.4 is 15.9 Å². The summed E-state index contributed by atoms with van der Waals surface area (Å²) in [4.78, 5) is 0. The first-order valence-corrected chi connectivity index (χ1v) is 26.2. The van der Waals surface area contributed by atoms with E-state index in [4.69, 9.17) is 0 Å². The molecule has 11 aromatic carbocycles. The lowest BCUT2D eigenvalue weighted by Crippen LogP contribution is -2.25. The van der Waals surface area contributed by atoms with Crippen LogP contribution in [0.25, 0.3) is 110 Å². The highest BCUT2D eigenvalue weighted by molar-refractivity contribution is 7.85. The third-order valence-corrected chi connectivity index (χ3v) is 18.1. The molecule has 0 bridgehead atoms. The SMILES string of the molecule is O=P(c1ccccc1)(c1ccc(-n2c3ccccc3c3ccc4c(c5ccccc5n4-c4ccccc4)c32)cc1)c1ccc(-n2c3ccccc3c3ccc4c(c5ccccc5n4-c4ccccc4)c32)cc1. The van der Waals surface area contributed by atoms with E-state index in [1.54, 1.807) is 0 Å². The Labute approximate surface area is 414 Å². The molecular formula is C66H43N4OP. The van der Waals surface area contributed by atoms with E-state index in [9.17, 15) is 0 Å². The van der Waals surface area contributed by atoms with Crippen molar-refractivity contribution in [3.63, 3.8) is 0 Å². The summed E-state index contributed by atoms with van der Waals surface area (Å²) in [6.07, 6.45) is 0. The van der Waals surface area contributed by atoms with Crippen molar-refractivity contribution in [3.8, 4) is 22.7 Å². The summed E-state index contributed by atoms with van der Waals surface area (Å²) < 4.78 is 25.9. The Balaban J connectivity index is 0.908. The fourth-order valence-corrected chi connectivity index (χ4v) is 14.6. The van der Waals surface area contributed by atoms with Crippen LogP contribution in [-0.2, 0) is 4.57 Å². The van der Waals surface area contributed by atoms with Gasteiger partial charge in [-0.1, -0.05) is 152 Å². The number of aromatic nitrogens is 4. The molecule has 0 aliphatic rings. The topological polar surface area (TPSA) is 36.8 Å². The summed E-state index contributed by atoms with van der Waals surface area (Å²) in [5.41, 5.74) is 13.4. The van der Waals surface area contributed by atoms with E-state index < -0.39 is 7.14 Å². The van der Waals surface area contributed by atoms with E-state index in [0.29, 0.717) is 0 Å². The van der Waals surface area contributed by atoms with Gasteiger partial charge in [-0.05, 0) is 109 Å². The van der Waals surface area contributed by atoms with Crippen LogP contribution in [0.1, 0.15) is 0 Å². The van der Waals surface area contributed by atoms with Gasteiger partial charge < -0.3 is 22.8 Å². The molecule has 0 unspecified atom stereocenters. The smallest absolute Gasteiger partial charge is 0.171 e. The number of para-hydroxylation sites is 6. The molecule has 0 N–H and O–H groups in total. The van der Waals surface area contributed by atoms with Crippen LogP contribution in [0.5, 0.6) is 0 Å². The fraction of sp³-hybridized carbons (Fsp3) is 0. The Morgan fingerprint density at radius 3 is 0.931 bits per heavy atom. The number of hydrogen-bond donors (Lipinski definition) is 0. The lowest BCUT2D eigenvalue weighted by atomic mass is 10.1. The maximum Gasteiger partial charge on any atom is 0.171 e. The van der Waals surface area contributed by atoms with E-state index >= 15 is 4.57 Å². The Bertz CT molecular complexity index is 4400. The highest BCUT2D eigenvalue weighted by Crippen LogP contribution is 2.46. The van der Waals surface area contributed by atoms with Crippen LogP contribution in [0.2, 0.25) is 0 Å². The molecule has 4 aromatic heterocycles. The number of nitrogens with zero attached hydrogens (tertiary/aromatic N) is 4. The molecule has 5 nitrogen and oxygen atoms in total. The van der Waals surface area contributed by atoms with Gasteiger partial charge in [-0.2, -0.15) is 0 Å². The lowest BCUT2D eigenvalue weighted by Gasteiger charge is -2.21. The molecule has 0 saturated heterocycles. The van der Waals surface area contributed by atoms with Gasteiger partial charge in [-0.3, -0.25) is 0 Å². The zero-order valence-electron chi connectivity index (χ0n) is 39.0. The molecule has 0 atom stereocenters. The standard InChI is InChI=1S/C66H43N4OP/c71-72(48-22-8-3-9-23-48,49-36-32-46(33-37-49)69-57-28-14-10-24-51(57)53-40-42-61-63(65(53)69)55-26-12-16-30-59(55)67(61)44-18-4-1-5-19-44)50-38-34-47(35-39-50)70-58-29-15-11-25-52(58)54-41-43-62-64(66(54)70)56-27-13-17-31-60(56)68(62)45-20-6-2-7-21-45/h1-43H. The molecule has 0 aliphatic heterocycles. The van der Waals surface area contributed by atoms with Crippen molar-refractivity contribution in [3.05, 3.63) is 261 Å². The van der Waals surface area contributed by atoms with Crippen molar-refractivity contribution in [1.82, 2.24) is 18.3 Å².